The zero-order chi connectivity index (χ0) is 30.6. The van der Waals surface area contributed by atoms with Gasteiger partial charge in [0.05, 0.1) is 30.3 Å². The first-order valence-corrected chi connectivity index (χ1v) is 14.9. The van der Waals surface area contributed by atoms with Crippen molar-refractivity contribution in [2.24, 2.45) is 0 Å². The van der Waals surface area contributed by atoms with E-state index in [0.717, 1.165) is 11.3 Å². The summed E-state index contributed by atoms with van der Waals surface area (Å²) in [6.07, 6.45) is 1.97. The molecule has 1 saturated heterocycles. The van der Waals surface area contributed by atoms with Crippen molar-refractivity contribution in [3.8, 4) is 17.2 Å². The Morgan fingerprint density at radius 1 is 0.929 bits per heavy atom. The van der Waals surface area contributed by atoms with Gasteiger partial charge in [-0.05, 0) is 72.2 Å². The number of carbonyl (C=O) groups is 3. The van der Waals surface area contributed by atoms with Gasteiger partial charge in [-0.25, -0.2) is 4.79 Å². The standard InChI is InChI=1S/C28H23Cl3N2O8S/c1-3-10-40-23-9-4-16(14-24(23)39-2)15-33-27(35)20(26(34)32-28(33)36)11-17-12-21(30)25(22(31)13-17)41-42(37,38)19-7-5-18(29)6-8-19/h4-9,11-14H,3,10,15H2,1-2H3,(H,32,34,36)/b20-11+. The van der Waals surface area contributed by atoms with E-state index in [1.54, 1.807) is 18.2 Å². The molecule has 1 aliphatic heterocycles. The van der Waals surface area contributed by atoms with Crippen LogP contribution in [0.5, 0.6) is 17.2 Å². The minimum Gasteiger partial charge on any atom is -0.493 e. The number of benzene rings is 3. The highest BCUT2D eigenvalue weighted by Crippen LogP contribution is 2.37. The first-order valence-electron chi connectivity index (χ1n) is 12.3. The number of rotatable bonds is 10. The number of methoxy groups -OCH3 is 1. The summed E-state index contributed by atoms with van der Waals surface area (Å²) in [6.45, 7) is 2.28. The van der Waals surface area contributed by atoms with Crippen LogP contribution in [0.4, 0.5) is 4.79 Å². The second kappa shape index (κ2) is 13.0. The molecule has 0 aliphatic carbocycles. The fraction of sp³-hybridized carbons (Fsp3) is 0.179. The third-order valence-corrected chi connectivity index (χ3v) is 7.89. The fourth-order valence-electron chi connectivity index (χ4n) is 3.83. The highest BCUT2D eigenvalue weighted by Gasteiger charge is 2.36. The molecule has 0 saturated carbocycles. The molecular formula is C28H23Cl3N2O8S. The lowest BCUT2D eigenvalue weighted by molar-refractivity contribution is -0.130. The summed E-state index contributed by atoms with van der Waals surface area (Å²) in [7, 11) is -2.84. The van der Waals surface area contributed by atoms with Gasteiger partial charge in [0.25, 0.3) is 11.8 Å². The SMILES string of the molecule is CCCOc1ccc(CN2C(=O)NC(=O)/C(=C\c3cc(Cl)c(OS(=O)(=O)c4ccc(Cl)cc4)c(Cl)c3)C2=O)cc1OC. The highest BCUT2D eigenvalue weighted by atomic mass is 35.5. The van der Waals surface area contributed by atoms with E-state index >= 15 is 0 Å². The summed E-state index contributed by atoms with van der Waals surface area (Å²) in [6, 6.07) is 11.8. The van der Waals surface area contributed by atoms with Crippen LogP contribution in [0.1, 0.15) is 24.5 Å². The molecule has 42 heavy (non-hydrogen) atoms. The van der Waals surface area contributed by atoms with E-state index in [9.17, 15) is 22.8 Å². The van der Waals surface area contributed by atoms with Gasteiger partial charge in [0.1, 0.15) is 10.5 Å². The average molecular weight is 654 g/mol. The van der Waals surface area contributed by atoms with E-state index in [-0.39, 0.29) is 38.4 Å². The minimum absolute atomic E-state index is 0.170. The summed E-state index contributed by atoms with van der Waals surface area (Å²) in [5.41, 5.74) is 0.342. The number of ether oxygens (including phenoxy) is 2. The summed E-state index contributed by atoms with van der Waals surface area (Å²) in [5, 5.41) is 2.05. The second-order valence-corrected chi connectivity index (χ2v) is 11.6. The lowest BCUT2D eigenvalue weighted by atomic mass is 10.1. The van der Waals surface area contributed by atoms with Crippen molar-refractivity contribution in [2.75, 3.05) is 13.7 Å². The number of halogens is 3. The molecule has 1 N–H and O–H groups in total. The number of barbiturate groups is 1. The van der Waals surface area contributed by atoms with Crippen LogP contribution in [-0.2, 0) is 26.3 Å². The Morgan fingerprint density at radius 3 is 2.21 bits per heavy atom. The summed E-state index contributed by atoms with van der Waals surface area (Å²) >= 11 is 18.4. The second-order valence-electron chi connectivity index (χ2n) is 8.85. The third-order valence-electron chi connectivity index (χ3n) is 5.84. The Hall–Kier alpha value is -3.77. The first-order chi connectivity index (χ1) is 19.9. The molecule has 0 aromatic heterocycles. The predicted molar refractivity (Wildman–Crippen MR) is 157 cm³/mol. The largest absolute Gasteiger partial charge is 0.493 e. The topological polar surface area (TPSA) is 128 Å². The van der Waals surface area contributed by atoms with E-state index in [2.05, 4.69) is 5.32 Å². The molecule has 1 aliphatic rings. The molecule has 1 fully saturated rings. The molecular weight excluding hydrogens is 631 g/mol. The van der Waals surface area contributed by atoms with Gasteiger partial charge in [-0.1, -0.05) is 47.8 Å². The van der Waals surface area contributed by atoms with Gasteiger partial charge in [0, 0.05) is 5.02 Å². The van der Waals surface area contributed by atoms with Crippen LogP contribution in [0.2, 0.25) is 15.1 Å². The zero-order valence-corrected chi connectivity index (χ0v) is 25.2. The van der Waals surface area contributed by atoms with Gasteiger partial charge >= 0.3 is 16.1 Å². The van der Waals surface area contributed by atoms with Crippen molar-refractivity contribution in [3.05, 3.63) is 86.4 Å². The van der Waals surface area contributed by atoms with Crippen molar-refractivity contribution < 1.29 is 36.5 Å². The number of hydrogen-bond acceptors (Lipinski definition) is 8. The number of carbonyl (C=O) groups excluding carboxylic acids is 3. The Morgan fingerprint density at radius 2 is 1.60 bits per heavy atom. The maximum atomic E-state index is 13.3. The molecule has 0 spiro atoms. The molecule has 1 heterocycles. The lowest BCUT2D eigenvalue weighted by Crippen LogP contribution is -2.53. The Kier molecular flexibility index (Phi) is 9.67. The van der Waals surface area contributed by atoms with Crippen molar-refractivity contribution in [1.82, 2.24) is 10.2 Å². The molecule has 0 atom stereocenters. The van der Waals surface area contributed by atoms with Crippen molar-refractivity contribution in [3.63, 3.8) is 0 Å². The molecule has 14 heteroatoms. The smallest absolute Gasteiger partial charge is 0.339 e. The Labute approximate surface area is 256 Å². The molecule has 3 aromatic rings. The van der Waals surface area contributed by atoms with Crippen LogP contribution in [-0.4, -0.2) is 44.9 Å². The lowest BCUT2D eigenvalue weighted by Gasteiger charge is -2.26. The van der Waals surface area contributed by atoms with E-state index in [4.69, 9.17) is 48.5 Å². The van der Waals surface area contributed by atoms with Gasteiger partial charge in [0.15, 0.2) is 17.2 Å². The maximum Gasteiger partial charge on any atom is 0.339 e. The summed E-state index contributed by atoms with van der Waals surface area (Å²) < 4.78 is 41.5. The molecule has 0 unspecified atom stereocenters. The van der Waals surface area contributed by atoms with Crippen LogP contribution in [0.25, 0.3) is 6.08 Å². The van der Waals surface area contributed by atoms with Gasteiger partial charge in [-0.3, -0.25) is 19.8 Å². The van der Waals surface area contributed by atoms with E-state index < -0.39 is 28.0 Å². The summed E-state index contributed by atoms with van der Waals surface area (Å²) in [5.74, 6) is -1.23. The van der Waals surface area contributed by atoms with Crippen LogP contribution in [0.15, 0.2) is 65.1 Å². The Balaban J connectivity index is 1.59. The average Bonchev–Trinajstić information content (AvgIpc) is 2.94. The van der Waals surface area contributed by atoms with Crippen LogP contribution >= 0.6 is 34.8 Å². The van der Waals surface area contributed by atoms with Crippen molar-refractivity contribution >= 4 is 68.8 Å². The number of nitrogens with one attached hydrogen (secondary N) is 1. The monoisotopic (exact) mass is 652 g/mol. The zero-order valence-electron chi connectivity index (χ0n) is 22.2. The number of nitrogens with zero attached hydrogens (tertiary/aromatic N) is 1. The molecule has 0 bridgehead atoms. The normalized spacial score (nSPS) is 14.6. The Bertz CT molecular complexity index is 1670. The fourth-order valence-corrected chi connectivity index (χ4v) is 5.59. The molecule has 3 aromatic carbocycles. The van der Waals surface area contributed by atoms with Gasteiger partial charge in [-0.15, -0.1) is 0 Å². The van der Waals surface area contributed by atoms with E-state index in [0.29, 0.717) is 28.7 Å². The van der Waals surface area contributed by atoms with E-state index in [1.807, 2.05) is 6.92 Å². The predicted octanol–water partition coefficient (Wildman–Crippen LogP) is 5.87. The third kappa shape index (κ3) is 6.99. The van der Waals surface area contributed by atoms with E-state index in [1.165, 1.54) is 49.6 Å². The summed E-state index contributed by atoms with van der Waals surface area (Å²) in [4.78, 5) is 39.1. The van der Waals surface area contributed by atoms with Gasteiger partial charge < -0.3 is 13.7 Å². The number of amides is 4. The highest BCUT2D eigenvalue weighted by molar-refractivity contribution is 7.87. The van der Waals surface area contributed by atoms with Crippen molar-refractivity contribution in [1.29, 1.82) is 0 Å². The number of imide groups is 2. The molecule has 10 nitrogen and oxygen atoms in total. The van der Waals surface area contributed by atoms with Gasteiger partial charge in [-0.2, -0.15) is 8.42 Å². The quantitative estimate of drug-likeness (QED) is 0.163. The maximum absolute atomic E-state index is 13.3. The molecule has 4 rings (SSSR count). The number of urea groups is 1. The molecule has 0 radical (unpaired) electrons. The molecule has 220 valence electrons. The first kappa shape index (κ1) is 31.2. The van der Waals surface area contributed by atoms with Gasteiger partial charge in [0.2, 0.25) is 0 Å². The van der Waals surface area contributed by atoms with Crippen molar-refractivity contribution in [2.45, 2.75) is 24.8 Å². The van der Waals surface area contributed by atoms with Crippen LogP contribution in [0.3, 0.4) is 0 Å². The van der Waals surface area contributed by atoms with Crippen LogP contribution < -0.4 is 19.0 Å². The molecule has 4 amide bonds. The number of hydrogen-bond donors (Lipinski definition) is 1. The minimum atomic E-state index is -4.31. The van der Waals surface area contributed by atoms with Crippen LogP contribution in [0, 0.1) is 0 Å².